The molecule has 1 atom stereocenters. The van der Waals surface area contributed by atoms with Gasteiger partial charge >= 0.3 is 5.97 Å². The summed E-state index contributed by atoms with van der Waals surface area (Å²) in [4.78, 5) is 21.0. The molecule has 0 aromatic rings. The fourth-order valence-corrected chi connectivity index (χ4v) is 2.53. The van der Waals surface area contributed by atoms with Crippen molar-refractivity contribution in [3.63, 3.8) is 0 Å². The Morgan fingerprint density at radius 2 is 2.13 bits per heavy atom. The van der Waals surface area contributed by atoms with E-state index in [1.54, 1.807) is 0 Å². The van der Waals surface area contributed by atoms with Gasteiger partial charge in [-0.1, -0.05) is 0 Å². The van der Waals surface area contributed by atoms with Gasteiger partial charge in [-0.2, -0.15) is 0 Å². The molecule has 1 aliphatic heterocycles. The van der Waals surface area contributed by atoms with Gasteiger partial charge in [0.05, 0.1) is 13.0 Å². The second kappa shape index (κ2) is 4.08. The van der Waals surface area contributed by atoms with Crippen molar-refractivity contribution in [3.05, 3.63) is 0 Å². The summed E-state index contributed by atoms with van der Waals surface area (Å²) in [5.41, 5.74) is 5.44. The van der Waals surface area contributed by atoms with Crippen LogP contribution in [-0.2, 0) is 14.6 Å². The summed E-state index contributed by atoms with van der Waals surface area (Å²) in [7, 11) is 0. The van der Waals surface area contributed by atoms with Crippen LogP contribution in [0.2, 0.25) is 0 Å². The summed E-state index contributed by atoms with van der Waals surface area (Å²) in [5, 5.41) is 8.80. The first-order valence-electron chi connectivity index (χ1n) is 5.40. The van der Waals surface area contributed by atoms with Gasteiger partial charge in [0.25, 0.3) is 0 Å². The Hall–Kier alpha value is -0.650. The van der Waals surface area contributed by atoms with Crippen LogP contribution in [0.1, 0.15) is 32.1 Å². The van der Waals surface area contributed by atoms with E-state index in [1.807, 2.05) is 0 Å². The highest BCUT2D eigenvalue weighted by molar-refractivity contribution is 5.67. The Labute approximate surface area is 88.5 Å². The Morgan fingerprint density at radius 1 is 1.47 bits per heavy atom. The van der Waals surface area contributed by atoms with Crippen molar-refractivity contribution in [2.24, 2.45) is 11.7 Å². The van der Waals surface area contributed by atoms with Crippen molar-refractivity contribution in [2.75, 3.05) is 6.61 Å². The molecule has 1 saturated carbocycles. The van der Waals surface area contributed by atoms with Crippen LogP contribution >= 0.6 is 0 Å². The maximum Gasteiger partial charge on any atom is 0.303 e. The van der Waals surface area contributed by atoms with Gasteiger partial charge in [0.15, 0.2) is 0 Å². The van der Waals surface area contributed by atoms with Gasteiger partial charge in [-0.15, -0.1) is 0 Å². The van der Waals surface area contributed by atoms with Crippen LogP contribution in [0.5, 0.6) is 0 Å². The van der Waals surface area contributed by atoms with Crippen molar-refractivity contribution in [1.82, 2.24) is 0 Å². The number of hydrogen-bond acceptors (Lipinski definition) is 4. The van der Waals surface area contributed by atoms with E-state index < -0.39 is 5.97 Å². The third-order valence-electron chi connectivity index (χ3n) is 3.54. The van der Waals surface area contributed by atoms with Gasteiger partial charge in [0.2, 0.25) is 0 Å². The van der Waals surface area contributed by atoms with Crippen LogP contribution in [0.4, 0.5) is 0 Å². The second-order valence-electron chi connectivity index (χ2n) is 4.56. The fourth-order valence-electron chi connectivity index (χ4n) is 2.53. The molecule has 0 aromatic heterocycles. The summed E-state index contributed by atoms with van der Waals surface area (Å²) < 4.78 is 0. The van der Waals surface area contributed by atoms with Crippen LogP contribution in [0.25, 0.3) is 0 Å². The zero-order valence-electron chi connectivity index (χ0n) is 8.65. The smallest absolute Gasteiger partial charge is 0.303 e. The minimum Gasteiger partial charge on any atom is -0.481 e. The third kappa shape index (κ3) is 2.14. The first kappa shape index (κ1) is 10.9. The molecule has 1 spiro atoms. The van der Waals surface area contributed by atoms with Gasteiger partial charge in [0.1, 0.15) is 5.60 Å². The quantitative estimate of drug-likeness (QED) is 0.662. The minimum atomic E-state index is -0.789. The molecule has 0 bridgehead atoms. The van der Waals surface area contributed by atoms with Crippen molar-refractivity contribution in [3.8, 4) is 0 Å². The number of nitrogens with two attached hydrogens (primary N) is 1. The van der Waals surface area contributed by atoms with E-state index in [0.29, 0.717) is 6.61 Å². The van der Waals surface area contributed by atoms with E-state index in [2.05, 4.69) is 0 Å². The average Bonchev–Trinajstić information content (AvgIpc) is 2.54. The van der Waals surface area contributed by atoms with E-state index in [1.165, 1.54) is 0 Å². The summed E-state index contributed by atoms with van der Waals surface area (Å²) >= 11 is 0. The number of carbonyl (C=O) groups is 1. The van der Waals surface area contributed by atoms with Crippen molar-refractivity contribution < 1.29 is 19.7 Å². The Kier molecular flexibility index (Phi) is 2.95. The summed E-state index contributed by atoms with van der Waals surface area (Å²) in [6.45, 7) is 0.390. The molecular weight excluding hydrogens is 198 g/mol. The maximum atomic E-state index is 10.7. The topological polar surface area (TPSA) is 81.8 Å². The zero-order chi connectivity index (χ0) is 10.9. The van der Waals surface area contributed by atoms with Crippen LogP contribution in [0.15, 0.2) is 0 Å². The highest BCUT2D eigenvalue weighted by Gasteiger charge is 2.48. The van der Waals surface area contributed by atoms with Crippen LogP contribution in [0.3, 0.4) is 0 Å². The number of hydrogen-bond donors (Lipinski definition) is 2. The molecule has 1 saturated heterocycles. The number of rotatable bonds is 2. The average molecular weight is 215 g/mol. The van der Waals surface area contributed by atoms with E-state index in [-0.39, 0.29) is 24.0 Å². The molecular formula is C10H17NO4. The molecule has 86 valence electrons. The normalized spacial score (nSPS) is 40.9. The van der Waals surface area contributed by atoms with Crippen LogP contribution in [0, 0.1) is 5.92 Å². The lowest BCUT2D eigenvalue weighted by Gasteiger charge is -2.36. The minimum absolute atomic E-state index is 0.0255. The molecule has 2 aliphatic rings. The number of carboxylic acids is 1. The van der Waals surface area contributed by atoms with E-state index in [4.69, 9.17) is 20.6 Å². The van der Waals surface area contributed by atoms with Crippen LogP contribution in [-0.4, -0.2) is 29.3 Å². The molecule has 5 nitrogen and oxygen atoms in total. The standard InChI is InChI=1S/C10H17NO4/c11-8-1-3-10(4-2-8)7(5-9(12)13)6-14-15-10/h7-8H,1-6,11H2,(H,12,13). The molecule has 15 heavy (non-hydrogen) atoms. The third-order valence-corrected chi connectivity index (χ3v) is 3.54. The summed E-state index contributed by atoms with van der Waals surface area (Å²) in [5.74, 6) is -0.814. The Bertz CT molecular complexity index is 248. The van der Waals surface area contributed by atoms with Gasteiger partial charge < -0.3 is 10.8 Å². The van der Waals surface area contributed by atoms with Gasteiger partial charge in [-0.25, -0.2) is 9.78 Å². The lowest BCUT2D eigenvalue weighted by molar-refractivity contribution is -0.316. The molecule has 5 heteroatoms. The number of carboxylic acid groups (broad SMARTS) is 1. The highest BCUT2D eigenvalue weighted by atomic mass is 17.2. The monoisotopic (exact) mass is 215 g/mol. The zero-order valence-corrected chi connectivity index (χ0v) is 8.65. The Balaban J connectivity index is 2.02. The van der Waals surface area contributed by atoms with Gasteiger partial charge in [0, 0.05) is 12.0 Å². The highest BCUT2D eigenvalue weighted by Crippen LogP contribution is 2.43. The Morgan fingerprint density at radius 3 is 2.73 bits per heavy atom. The first-order chi connectivity index (χ1) is 7.12. The summed E-state index contributed by atoms with van der Waals surface area (Å²) in [6, 6.07) is 0.227. The van der Waals surface area contributed by atoms with E-state index in [0.717, 1.165) is 25.7 Å². The molecule has 1 aliphatic carbocycles. The largest absolute Gasteiger partial charge is 0.481 e. The molecule has 2 fully saturated rings. The van der Waals surface area contributed by atoms with Crippen molar-refractivity contribution in [2.45, 2.75) is 43.7 Å². The van der Waals surface area contributed by atoms with Gasteiger partial charge in [-0.3, -0.25) is 4.79 Å². The first-order valence-corrected chi connectivity index (χ1v) is 5.40. The van der Waals surface area contributed by atoms with Gasteiger partial charge in [-0.05, 0) is 25.7 Å². The molecule has 1 unspecified atom stereocenters. The lowest BCUT2D eigenvalue weighted by atomic mass is 9.74. The SMILES string of the molecule is NC1CCC2(CC1)OOCC2CC(=O)O. The van der Waals surface area contributed by atoms with Crippen molar-refractivity contribution >= 4 is 5.97 Å². The molecule has 1 heterocycles. The molecule has 0 aromatic carbocycles. The predicted octanol–water partition coefficient (Wildman–Crippen LogP) is 0.679. The molecule has 3 N–H and O–H groups in total. The maximum absolute atomic E-state index is 10.7. The van der Waals surface area contributed by atoms with E-state index >= 15 is 0 Å². The predicted molar refractivity (Wildman–Crippen MR) is 52.0 cm³/mol. The van der Waals surface area contributed by atoms with Crippen molar-refractivity contribution in [1.29, 1.82) is 0 Å². The molecule has 0 radical (unpaired) electrons. The summed E-state index contributed by atoms with van der Waals surface area (Å²) in [6.07, 6.45) is 3.52. The lowest BCUT2D eigenvalue weighted by Crippen LogP contribution is -2.44. The number of aliphatic carboxylic acids is 1. The fraction of sp³-hybridized carbons (Fsp3) is 0.900. The van der Waals surface area contributed by atoms with Crippen LogP contribution < -0.4 is 5.73 Å². The molecule has 0 amide bonds. The second-order valence-corrected chi connectivity index (χ2v) is 4.56. The molecule has 2 rings (SSSR count). The van der Waals surface area contributed by atoms with E-state index in [9.17, 15) is 4.79 Å².